The average molecular weight is 387 g/mol. The Morgan fingerprint density at radius 2 is 1.75 bits per heavy atom. The third kappa shape index (κ3) is 3.51. The van der Waals surface area contributed by atoms with Gasteiger partial charge in [-0.15, -0.1) is 0 Å². The van der Waals surface area contributed by atoms with Crippen LogP contribution in [-0.2, 0) is 12.7 Å². The Morgan fingerprint density at radius 3 is 2.46 bits per heavy atom. The fourth-order valence-electron chi connectivity index (χ4n) is 2.87. The number of rotatable bonds is 4. The third-order valence-corrected chi connectivity index (χ3v) is 4.06. The zero-order valence-electron chi connectivity index (χ0n) is 14.3. The third-order valence-electron chi connectivity index (χ3n) is 4.06. The molecule has 0 radical (unpaired) electrons. The molecular weight excluding hydrogens is 374 g/mol. The standard InChI is InChI=1S/C19H13F4N5/c20-14-8-4-7-13(25-14)18-24-9-10-28(18)11-15-26-16(12-5-2-1-3-6-12)17(27-15)19(21,22)23/h1-10H,11H2,(H,26,27). The van der Waals surface area contributed by atoms with Crippen LogP contribution in [0.25, 0.3) is 22.8 Å². The monoisotopic (exact) mass is 387 g/mol. The van der Waals surface area contributed by atoms with E-state index in [-0.39, 0.29) is 23.8 Å². The molecule has 142 valence electrons. The van der Waals surface area contributed by atoms with Gasteiger partial charge in [-0.05, 0) is 12.1 Å². The number of halogens is 4. The second-order valence-electron chi connectivity index (χ2n) is 6.00. The minimum Gasteiger partial charge on any atom is -0.336 e. The van der Waals surface area contributed by atoms with E-state index in [2.05, 4.69) is 19.9 Å². The molecule has 0 amide bonds. The van der Waals surface area contributed by atoms with E-state index in [0.717, 1.165) is 0 Å². The maximum absolute atomic E-state index is 13.5. The number of hydrogen-bond donors (Lipinski definition) is 1. The van der Waals surface area contributed by atoms with Gasteiger partial charge in [0, 0.05) is 18.0 Å². The number of H-pyrrole nitrogens is 1. The van der Waals surface area contributed by atoms with Crippen molar-refractivity contribution in [2.75, 3.05) is 0 Å². The van der Waals surface area contributed by atoms with E-state index in [0.29, 0.717) is 11.4 Å². The van der Waals surface area contributed by atoms with Crippen molar-refractivity contribution >= 4 is 0 Å². The molecule has 1 N–H and O–H groups in total. The minimum absolute atomic E-state index is 0.0105. The maximum Gasteiger partial charge on any atom is 0.433 e. The highest BCUT2D eigenvalue weighted by Gasteiger charge is 2.37. The Morgan fingerprint density at radius 1 is 0.964 bits per heavy atom. The van der Waals surface area contributed by atoms with Crippen LogP contribution in [-0.4, -0.2) is 24.5 Å². The summed E-state index contributed by atoms with van der Waals surface area (Å²) in [5.74, 6) is -0.247. The fourth-order valence-corrected chi connectivity index (χ4v) is 2.87. The van der Waals surface area contributed by atoms with Crippen LogP contribution in [0.1, 0.15) is 11.5 Å². The number of nitrogens with zero attached hydrogens (tertiary/aromatic N) is 4. The normalized spacial score (nSPS) is 11.7. The fraction of sp³-hybridized carbons (Fsp3) is 0.105. The van der Waals surface area contributed by atoms with Gasteiger partial charge >= 0.3 is 6.18 Å². The van der Waals surface area contributed by atoms with Crippen LogP contribution < -0.4 is 0 Å². The summed E-state index contributed by atoms with van der Waals surface area (Å²) in [6, 6.07) is 12.4. The van der Waals surface area contributed by atoms with Crippen molar-refractivity contribution in [3.05, 3.63) is 78.4 Å². The zero-order valence-corrected chi connectivity index (χ0v) is 14.3. The minimum atomic E-state index is -4.59. The molecule has 0 unspecified atom stereocenters. The van der Waals surface area contributed by atoms with E-state index in [1.54, 1.807) is 47.2 Å². The number of aromatic nitrogens is 5. The van der Waals surface area contributed by atoms with Crippen molar-refractivity contribution in [2.45, 2.75) is 12.7 Å². The highest BCUT2D eigenvalue weighted by molar-refractivity contribution is 5.62. The van der Waals surface area contributed by atoms with Gasteiger partial charge in [0.05, 0.1) is 6.54 Å². The van der Waals surface area contributed by atoms with Gasteiger partial charge < -0.3 is 9.55 Å². The first-order valence-electron chi connectivity index (χ1n) is 8.27. The summed E-state index contributed by atoms with van der Waals surface area (Å²) in [4.78, 5) is 14.4. The molecule has 0 fully saturated rings. The van der Waals surface area contributed by atoms with Crippen LogP contribution in [0, 0.1) is 5.95 Å². The van der Waals surface area contributed by atoms with Crippen LogP contribution in [0.2, 0.25) is 0 Å². The van der Waals surface area contributed by atoms with E-state index >= 15 is 0 Å². The molecule has 4 aromatic rings. The topological polar surface area (TPSA) is 59.4 Å². The first-order valence-corrected chi connectivity index (χ1v) is 8.27. The van der Waals surface area contributed by atoms with Crippen LogP contribution in [0.4, 0.5) is 17.6 Å². The molecule has 0 atom stereocenters. The molecule has 0 aliphatic carbocycles. The average Bonchev–Trinajstić information content (AvgIpc) is 3.30. The lowest BCUT2D eigenvalue weighted by molar-refractivity contribution is -0.140. The Balaban J connectivity index is 1.73. The van der Waals surface area contributed by atoms with E-state index in [9.17, 15) is 17.6 Å². The molecule has 1 aromatic carbocycles. The van der Waals surface area contributed by atoms with Gasteiger partial charge in [0.15, 0.2) is 5.82 Å². The zero-order chi connectivity index (χ0) is 19.7. The van der Waals surface area contributed by atoms with Gasteiger partial charge in [0.2, 0.25) is 5.95 Å². The summed E-state index contributed by atoms with van der Waals surface area (Å²) in [5.41, 5.74) is -0.459. The number of nitrogens with one attached hydrogen (secondary N) is 1. The van der Waals surface area contributed by atoms with Crippen molar-refractivity contribution < 1.29 is 17.6 Å². The lowest BCUT2D eigenvalue weighted by Gasteiger charge is -2.06. The molecule has 28 heavy (non-hydrogen) atoms. The summed E-state index contributed by atoms with van der Waals surface area (Å²) in [6.45, 7) is -0.0105. The quantitative estimate of drug-likeness (QED) is 0.413. The van der Waals surface area contributed by atoms with Gasteiger partial charge in [-0.25, -0.2) is 15.0 Å². The lowest BCUT2D eigenvalue weighted by atomic mass is 10.1. The van der Waals surface area contributed by atoms with Gasteiger partial charge in [-0.2, -0.15) is 17.6 Å². The summed E-state index contributed by atoms with van der Waals surface area (Å²) >= 11 is 0. The first kappa shape index (κ1) is 17.9. The van der Waals surface area contributed by atoms with Crippen molar-refractivity contribution in [1.29, 1.82) is 0 Å². The van der Waals surface area contributed by atoms with E-state index < -0.39 is 17.8 Å². The summed E-state index contributed by atoms with van der Waals surface area (Å²) in [6.07, 6.45) is -1.55. The van der Waals surface area contributed by atoms with Gasteiger partial charge in [-0.3, -0.25) is 0 Å². The summed E-state index contributed by atoms with van der Waals surface area (Å²) in [5, 5.41) is 0. The molecule has 0 saturated heterocycles. The van der Waals surface area contributed by atoms with Crippen molar-refractivity contribution in [3.63, 3.8) is 0 Å². The predicted octanol–water partition coefficient (Wildman–Crippen LogP) is 4.54. The molecule has 3 aromatic heterocycles. The number of hydrogen-bond acceptors (Lipinski definition) is 3. The summed E-state index contributed by atoms with van der Waals surface area (Å²) in [7, 11) is 0. The van der Waals surface area contributed by atoms with Crippen molar-refractivity contribution in [3.8, 4) is 22.8 Å². The molecule has 5 nitrogen and oxygen atoms in total. The number of benzene rings is 1. The molecule has 3 heterocycles. The highest BCUT2D eigenvalue weighted by Crippen LogP contribution is 2.35. The maximum atomic E-state index is 13.5. The lowest BCUT2D eigenvalue weighted by Crippen LogP contribution is -2.08. The molecule has 0 bridgehead atoms. The molecule has 0 spiro atoms. The second kappa shape index (κ2) is 6.91. The van der Waals surface area contributed by atoms with E-state index in [4.69, 9.17) is 0 Å². The Kier molecular flexibility index (Phi) is 4.42. The van der Waals surface area contributed by atoms with Crippen molar-refractivity contribution in [2.24, 2.45) is 0 Å². The Bertz CT molecular complexity index is 1100. The molecule has 9 heteroatoms. The van der Waals surface area contributed by atoms with E-state index in [1.165, 1.54) is 18.3 Å². The molecule has 0 aliphatic rings. The largest absolute Gasteiger partial charge is 0.433 e. The summed E-state index contributed by atoms with van der Waals surface area (Å²) < 4.78 is 55.4. The molecule has 4 rings (SSSR count). The Hall–Kier alpha value is -3.49. The number of pyridine rings is 1. The number of aromatic amines is 1. The SMILES string of the molecule is Fc1cccc(-c2nccn2Cc2nc(-c3ccccc3)c(C(F)(F)F)[nH]2)n1. The van der Waals surface area contributed by atoms with Crippen molar-refractivity contribution in [1.82, 2.24) is 24.5 Å². The first-order chi connectivity index (χ1) is 13.4. The van der Waals surface area contributed by atoms with Gasteiger partial charge in [-0.1, -0.05) is 36.4 Å². The highest BCUT2D eigenvalue weighted by atomic mass is 19.4. The number of alkyl halides is 3. The smallest absolute Gasteiger partial charge is 0.336 e. The Labute approximate surface area is 156 Å². The van der Waals surface area contributed by atoms with Crippen LogP contribution >= 0.6 is 0 Å². The van der Waals surface area contributed by atoms with E-state index in [1.807, 2.05) is 0 Å². The van der Waals surface area contributed by atoms with Crippen LogP contribution in [0.3, 0.4) is 0 Å². The molecule has 0 aliphatic heterocycles. The van der Waals surface area contributed by atoms with Crippen LogP contribution in [0.5, 0.6) is 0 Å². The predicted molar refractivity (Wildman–Crippen MR) is 93.5 cm³/mol. The van der Waals surface area contributed by atoms with Gasteiger partial charge in [0.25, 0.3) is 0 Å². The molecule has 0 saturated carbocycles. The number of imidazole rings is 2. The van der Waals surface area contributed by atoms with Gasteiger partial charge in [0.1, 0.15) is 22.9 Å². The van der Waals surface area contributed by atoms with Crippen LogP contribution in [0.15, 0.2) is 60.9 Å². The molecular formula is C19H13F4N5. The second-order valence-corrected chi connectivity index (χ2v) is 6.00.